The van der Waals surface area contributed by atoms with Crippen LogP contribution in [0.4, 0.5) is 5.69 Å². The van der Waals surface area contributed by atoms with Gasteiger partial charge in [0.15, 0.2) is 0 Å². The molecule has 5 heteroatoms. The van der Waals surface area contributed by atoms with Crippen LogP contribution in [-0.4, -0.2) is 17.4 Å². The third kappa shape index (κ3) is 2.41. The summed E-state index contributed by atoms with van der Waals surface area (Å²) in [5.41, 5.74) is 10.9. The standard InChI is InChI=1S/C14H19N3O2/c1-13(2,11(16)18)17-12(19)14(7-8-14)9-3-5-10(15)6-4-9/h3-6H,7-8,15H2,1-2H3,(H2,16,18)(H,17,19). The molecule has 1 aromatic rings. The Balaban J connectivity index is 2.19. The van der Waals surface area contributed by atoms with Gasteiger partial charge >= 0.3 is 0 Å². The van der Waals surface area contributed by atoms with Gasteiger partial charge in [-0.05, 0) is 44.4 Å². The van der Waals surface area contributed by atoms with E-state index in [1.807, 2.05) is 12.1 Å². The Morgan fingerprint density at radius 2 is 1.74 bits per heavy atom. The number of amides is 2. The van der Waals surface area contributed by atoms with Crippen LogP contribution in [-0.2, 0) is 15.0 Å². The smallest absolute Gasteiger partial charge is 0.242 e. The summed E-state index contributed by atoms with van der Waals surface area (Å²) in [6, 6.07) is 7.28. The van der Waals surface area contributed by atoms with Crippen molar-refractivity contribution in [3.05, 3.63) is 29.8 Å². The largest absolute Gasteiger partial charge is 0.399 e. The second kappa shape index (κ2) is 4.26. The molecule has 0 heterocycles. The number of nitrogens with two attached hydrogens (primary N) is 2. The van der Waals surface area contributed by atoms with E-state index in [1.54, 1.807) is 26.0 Å². The van der Waals surface area contributed by atoms with E-state index in [-0.39, 0.29) is 5.91 Å². The second-order valence-electron chi connectivity index (χ2n) is 5.65. The first-order chi connectivity index (χ1) is 8.78. The maximum Gasteiger partial charge on any atom is 0.242 e. The van der Waals surface area contributed by atoms with Gasteiger partial charge in [-0.2, -0.15) is 0 Å². The molecule has 0 unspecified atom stereocenters. The van der Waals surface area contributed by atoms with Crippen LogP contribution >= 0.6 is 0 Å². The van der Waals surface area contributed by atoms with Crippen molar-refractivity contribution in [2.75, 3.05) is 5.73 Å². The highest BCUT2D eigenvalue weighted by Crippen LogP contribution is 2.48. The van der Waals surface area contributed by atoms with Crippen LogP contribution in [0.5, 0.6) is 0 Å². The van der Waals surface area contributed by atoms with Gasteiger partial charge in [-0.15, -0.1) is 0 Å². The molecule has 102 valence electrons. The SMILES string of the molecule is CC(C)(NC(=O)C1(c2ccc(N)cc2)CC1)C(N)=O. The van der Waals surface area contributed by atoms with Crippen LogP contribution in [0.25, 0.3) is 0 Å². The molecular formula is C14H19N3O2. The van der Waals surface area contributed by atoms with Crippen molar-refractivity contribution in [3.63, 3.8) is 0 Å². The van der Waals surface area contributed by atoms with Crippen LogP contribution in [0.1, 0.15) is 32.3 Å². The van der Waals surface area contributed by atoms with Gasteiger partial charge in [0, 0.05) is 5.69 Å². The van der Waals surface area contributed by atoms with E-state index in [0.717, 1.165) is 18.4 Å². The maximum atomic E-state index is 12.4. The zero-order chi connectivity index (χ0) is 14.3. The minimum absolute atomic E-state index is 0.152. The number of anilines is 1. The Morgan fingerprint density at radius 1 is 1.21 bits per heavy atom. The Kier molecular flexibility index (Phi) is 3.00. The summed E-state index contributed by atoms with van der Waals surface area (Å²) in [6.45, 7) is 3.21. The lowest BCUT2D eigenvalue weighted by Crippen LogP contribution is -2.55. The van der Waals surface area contributed by atoms with Crippen LogP contribution < -0.4 is 16.8 Å². The van der Waals surface area contributed by atoms with Crippen LogP contribution in [0.2, 0.25) is 0 Å². The van der Waals surface area contributed by atoms with E-state index in [0.29, 0.717) is 5.69 Å². The number of hydrogen-bond acceptors (Lipinski definition) is 3. The average Bonchev–Trinajstić information content (AvgIpc) is 3.10. The van der Waals surface area contributed by atoms with Crippen molar-refractivity contribution in [2.45, 2.75) is 37.6 Å². The molecule has 0 aliphatic heterocycles. The normalized spacial score (nSPS) is 16.7. The van der Waals surface area contributed by atoms with E-state index in [2.05, 4.69) is 5.32 Å². The molecule has 2 rings (SSSR count). The van der Waals surface area contributed by atoms with Gasteiger partial charge in [0.25, 0.3) is 0 Å². The number of rotatable bonds is 4. The highest BCUT2D eigenvalue weighted by Gasteiger charge is 2.52. The Hall–Kier alpha value is -2.04. The molecule has 1 aliphatic carbocycles. The molecule has 1 saturated carbocycles. The van der Waals surface area contributed by atoms with E-state index in [4.69, 9.17) is 11.5 Å². The summed E-state index contributed by atoms with van der Waals surface area (Å²) in [7, 11) is 0. The minimum Gasteiger partial charge on any atom is -0.399 e. The maximum absolute atomic E-state index is 12.4. The predicted molar refractivity (Wildman–Crippen MR) is 73.2 cm³/mol. The van der Waals surface area contributed by atoms with Crippen LogP contribution in [0.3, 0.4) is 0 Å². The zero-order valence-electron chi connectivity index (χ0n) is 11.2. The molecule has 5 N–H and O–H groups in total. The molecule has 1 fully saturated rings. The van der Waals surface area contributed by atoms with Gasteiger partial charge in [0.05, 0.1) is 5.41 Å². The van der Waals surface area contributed by atoms with Crippen molar-refractivity contribution in [1.82, 2.24) is 5.32 Å². The summed E-state index contributed by atoms with van der Waals surface area (Å²) in [6.07, 6.45) is 1.55. The molecule has 0 spiro atoms. The number of nitrogens with one attached hydrogen (secondary N) is 1. The summed E-state index contributed by atoms with van der Waals surface area (Å²) in [5, 5.41) is 2.73. The first-order valence-electron chi connectivity index (χ1n) is 6.26. The average molecular weight is 261 g/mol. The van der Waals surface area contributed by atoms with Crippen molar-refractivity contribution in [1.29, 1.82) is 0 Å². The number of carbonyl (C=O) groups excluding carboxylic acids is 2. The van der Waals surface area contributed by atoms with Gasteiger partial charge < -0.3 is 16.8 Å². The van der Waals surface area contributed by atoms with E-state index >= 15 is 0 Å². The van der Waals surface area contributed by atoms with E-state index in [1.165, 1.54) is 0 Å². The Labute approximate surface area is 112 Å². The van der Waals surface area contributed by atoms with Gasteiger partial charge in [0.1, 0.15) is 5.54 Å². The van der Waals surface area contributed by atoms with Crippen LogP contribution in [0, 0.1) is 0 Å². The summed E-state index contributed by atoms with van der Waals surface area (Å²) in [5.74, 6) is -0.699. The monoisotopic (exact) mass is 261 g/mol. The van der Waals surface area contributed by atoms with Crippen molar-refractivity contribution >= 4 is 17.5 Å². The minimum atomic E-state index is -1.04. The molecular weight excluding hydrogens is 242 g/mol. The number of benzene rings is 1. The lowest BCUT2D eigenvalue weighted by molar-refractivity contribution is -0.131. The highest BCUT2D eigenvalue weighted by molar-refractivity contribution is 5.96. The molecule has 0 radical (unpaired) electrons. The van der Waals surface area contributed by atoms with Crippen molar-refractivity contribution in [2.24, 2.45) is 5.73 Å². The fourth-order valence-corrected chi connectivity index (χ4v) is 2.04. The summed E-state index contributed by atoms with van der Waals surface area (Å²) >= 11 is 0. The molecule has 0 atom stereocenters. The molecule has 0 bridgehead atoms. The Morgan fingerprint density at radius 3 is 2.16 bits per heavy atom. The van der Waals surface area contributed by atoms with Crippen LogP contribution in [0.15, 0.2) is 24.3 Å². The zero-order valence-corrected chi connectivity index (χ0v) is 11.2. The van der Waals surface area contributed by atoms with E-state index in [9.17, 15) is 9.59 Å². The summed E-state index contributed by atoms with van der Waals surface area (Å²) < 4.78 is 0. The van der Waals surface area contributed by atoms with Gasteiger partial charge in [0.2, 0.25) is 11.8 Å². The fraction of sp³-hybridized carbons (Fsp3) is 0.429. The third-order valence-electron chi connectivity index (χ3n) is 3.69. The van der Waals surface area contributed by atoms with Gasteiger partial charge in [-0.3, -0.25) is 9.59 Å². The highest BCUT2D eigenvalue weighted by atomic mass is 16.2. The molecule has 1 aromatic carbocycles. The van der Waals surface area contributed by atoms with Gasteiger partial charge in [-0.1, -0.05) is 12.1 Å². The number of carbonyl (C=O) groups is 2. The first-order valence-corrected chi connectivity index (χ1v) is 6.26. The molecule has 5 nitrogen and oxygen atoms in total. The van der Waals surface area contributed by atoms with Gasteiger partial charge in [-0.25, -0.2) is 0 Å². The van der Waals surface area contributed by atoms with Crippen molar-refractivity contribution < 1.29 is 9.59 Å². The predicted octanol–water partition coefficient (Wildman–Crippen LogP) is 0.681. The number of hydrogen-bond donors (Lipinski definition) is 3. The molecule has 0 saturated heterocycles. The fourth-order valence-electron chi connectivity index (χ4n) is 2.04. The molecule has 0 aromatic heterocycles. The molecule has 1 aliphatic rings. The topological polar surface area (TPSA) is 98.2 Å². The second-order valence-corrected chi connectivity index (χ2v) is 5.65. The molecule has 2 amide bonds. The summed E-state index contributed by atoms with van der Waals surface area (Å²) in [4.78, 5) is 23.7. The number of nitrogen functional groups attached to an aromatic ring is 1. The third-order valence-corrected chi connectivity index (χ3v) is 3.69. The lowest BCUT2D eigenvalue weighted by atomic mass is 9.93. The molecule has 19 heavy (non-hydrogen) atoms. The number of primary amides is 1. The van der Waals surface area contributed by atoms with Crippen molar-refractivity contribution in [3.8, 4) is 0 Å². The lowest BCUT2D eigenvalue weighted by Gasteiger charge is -2.26. The van der Waals surface area contributed by atoms with E-state index < -0.39 is 16.9 Å². The Bertz CT molecular complexity index is 516. The first kappa shape index (κ1) is 13.4. The quantitative estimate of drug-likeness (QED) is 0.695.